The Morgan fingerprint density at radius 1 is 1.22 bits per heavy atom. The summed E-state index contributed by atoms with van der Waals surface area (Å²) in [6, 6.07) is 8.53. The quantitative estimate of drug-likeness (QED) is 0.654. The van der Waals surface area contributed by atoms with Crippen LogP contribution in [0.3, 0.4) is 0 Å². The zero-order valence-electron chi connectivity index (χ0n) is 13.2. The highest BCUT2D eigenvalue weighted by atomic mass is 16.5. The number of hydrogen-bond donors (Lipinski definition) is 2. The Hall–Kier alpha value is -3.02. The first-order valence-corrected chi connectivity index (χ1v) is 6.91. The van der Waals surface area contributed by atoms with Crippen molar-refractivity contribution >= 4 is 28.3 Å². The zero-order valence-corrected chi connectivity index (χ0v) is 13.2. The predicted molar refractivity (Wildman–Crippen MR) is 89.3 cm³/mol. The molecule has 0 bridgehead atoms. The van der Waals surface area contributed by atoms with Gasteiger partial charge in [0.1, 0.15) is 5.75 Å². The lowest BCUT2D eigenvalue weighted by Gasteiger charge is -2.10. The zero-order chi connectivity index (χ0) is 17.0. The maximum atomic E-state index is 12.2. The second-order valence-corrected chi connectivity index (χ2v) is 5.18. The van der Waals surface area contributed by atoms with Gasteiger partial charge in [-0.3, -0.25) is 10.1 Å². The molecular weight excluding hydrogens is 296 g/mol. The molecule has 0 radical (unpaired) electrons. The molecule has 0 saturated carbocycles. The van der Waals surface area contributed by atoms with E-state index < -0.39 is 6.09 Å². The number of benzene rings is 2. The molecule has 23 heavy (non-hydrogen) atoms. The molecule has 0 unspecified atom stereocenters. The molecule has 6 nitrogen and oxygen atoms in total. The van der Waals surface area contributed by atoms with Gasteiger partial charge in [-0.15, -0.1) is 0 Å². The number of methoxy groups -OCH3 is 1. The van der Waals surface area contributed by atoms with Gasteiger partial charge < -0.3 is 14.7 Å². The summed E-state index contributed by atoms with van der Waals surface area (Å²) in [7, 11) is 5.16. The van der Waals surface area contributed by atoms with Crippen LogP contribution >= 0.6 is 0 Å². The van der Waals surface area contributed by atoms with Crippen molar-refractivity contribution in [1.29, 1.82) is 0 Å². The molecule has 2 aromatic carbocycles. The number of rotatable bonds is 5. The summed E-state index contributed by atoms with van der Waals surface area (Å²) >= 11 is 0. The van der Waals surface area contributed by atoms with Crippen molar-refractivity contribution in [3.8, 4) is 5.75 Å². The first-order valence-electron chi connectivity index (χ1n) is 6.91. The largest absolute Gasteiger partial charge is 0.497 e. The normalized spacial score (nSPS) is 10.7. The minimum atomic E-state index is -1.19. The van der Waals surface area contributed by atoms with Crippen LogP contribution < -0.4 is 10.1 Å². The Labute approximate surface area is 134 Å². The minimum Gasteiger partial charge on any atom is -0.497 e. The fraction of sp³-hybridized carbons (Fsp3) is 0.176. The smallest absolute Gasteiger partial charge is 0.409 e. The Balaban J connectivity index is 2.56. The number of carbonyl (C=O) groups excluding carboxylic acids is 1. The van der Waals surface area contributed by atoms with E-state index in [1.807, 2.05) is 14.1 Å². The average molecular weight is 314 g/mol. The van der Waals surface area contributed by atoms with Gasteiger partial charge in [0, 0.05) is 37.3 Å². The SMILES string of the molecule is COc1ccc2cc(C(=O)C=CN(C)C)cc(NC(=O)O)c2c1. The van der Waals surface area contributed by atoms with E-state index >= 15 is 0 Å². The van der Waals surface area contributed by atoms with Crippen LogP contribution in [0.15, 0.2) is 42.6 Å². The fourth-order valence-electron chi connectivity index (χ4n) is 2.14. The standard InChI is InChI=1S/C17H18N2O4/c1-19(2)7-6-16(20)12-8-11-4-5-13(23-3)10-14(11)15(9-12)18-17(21)22/h4-10,18H,1-3H3,(H,21,22). The van der Waals surface area contributed by atoms with Gasteiger partial charge in [0.15, 0.2) is 5.78 Å². The number of allylic oxidation sites excluding steroid dienone is 1. The van der Waals surface area contributed by atoms with E-state index in [0.717, 1.165) is 5.39 Å². The number of amides is 1. The lowest BCUT2D eigenvalue weighted by atomic mass is 10.0. The summed E-state index contributed by atoms with van der Waals surface area (Å²) in [6.45, 7) is 0. The van der Waals surface area contributed by atoms with E-state index in [4.69, 9.17) is 9.84 Å². The van der Waals surface area contributed by atoms with Crippen molar-refractivity contribution in [2.45, 2.75) is 0 Å². The highest BCUT2D eigenvalue weighted by molar-refractivity contribution is 6.10. The number of carboxylic acid groups (broad SMARTS) is 1. The topological polar surface area (TPSA) is 78.9 Å². The Bertz CT molecular complexity index is 782. The molecule has 0 spiro atoms. The van der Waals surface area contributed by atoms with Crippen LogP contribution in [0.4, 0.5) is 10.5 Å². The second kappa shape index (κ2) is 6.83. The van der Waals surface area contributed by atoms with Crippen LogP contribution in [-0.2, 0) is 0 Å². The third-order valence-electron chi connectivity index (χ3n) is 3.21. The van der Waals surface area contributed by atoms with Crippen LogP contribution in [0.25, 0.3) is 10.8 Å². The Kier molecular flexibility index (Phi) is 4.85. The van der Waals surface area contributed by atoms with Gasteiger partial charge in [-0.05, 0) is 29.7 Å². The Morgan fingerprint density at radius 3 is 2.57 bits per heavy atom. The maximum Gasteiger partial charge on any atom is 0.409 e. The van der Waals surface area contributed by atoms with E-state index in [1.54, 1.807) is 35.4 Å². The Morgan fingerprint density at radius 2 is 1.96 bits per heavy atom. The van der Waals surface area contributed by atoms with Crippen molar-refractivity contribution in [1.82, 2.24) is 4.90 Å². The van der Waals surface area contributed by atoms with Gasteiger partial charge in [0.25, 0.3) is 0 Å². The first-order chi connectivity index (χ1) is 10.9. The lowest BCUT2D eigenvalue weighted by molar-refractivity contribution is 0.104. The average Bonchev–Trinajstić information content (AvgIpc) is 2.51. The number of nitrogens with one attached hydrogen (secondary N) is 1. The van der Waals surface area contributed by atoms with Crippen LogP contribution in [0.5, 0.6) is 5.75 Å². The predicted octanol–water partition coefficient (Wildman–Crippen LogP) is 3.20. The molecule has 0 aliphatic rings. The van der Waals surface area contributed by atoms with Crippen LogP contribution in [-0.4, -0.2) is 43.1 Å². The molecule has 0 fully saturated rings. The molecule has 0 aliphatic carbocycles. The van der Waals surface area contributed by atoms with Crippen molar-refractivity contribution in [3.63, 3.8) is 0 Å². The number of ether oxygens (including phenoxy) is 1. The van der Waals surface area contributed by atoms with Crippen molar-refractivity contribution in [2.75, 3.05) is 26.5 Å². The van der Waals surface area contributed by atoms with Gasteiger partial charge in [-0.2, -0.15) is 0 Å². The molecule has 0 aliphatic heterocycles. The summed E-state index contributed by atoms with van der Waals surface area (Å²) in [4.78, 5) is 25.0. The molecule has 1 amide bonds. The van der Waals surface area contributed by atoms with Crippen molar-refractivity contribution < 1.29 is 19.4 Å². The van der Waals surface area contributed by atoms with Gasteiger partial charge in [0.2, 0.25) is 0 Å². The van der Waals surface area contributed by atoms with Crippen molar-refractivity contribution in [3.05, 3.63) is 48.2 Å². The highest BCUT2D eigenvalue weighted by Gasteiger charge is 2.11. The van der Waals surface area contributed by atoms with Gasteiger partial charge in [-0.25, -0.2) is 4.79 Å². The number of nitrogens with zero attached hydrogens (tertiary/aromatic N) is 1. The van der Waals surface area contributed by atoms with Crippen LogP contribution in [0.1, 0.15) is 10.4 Å². The van der Waals surface area contributed by atoms with Gasteiger partial charge in [0.05, 0.1) is 12.8 Å². The molecule has 2 N–H and O–H groups in total. The second-order valence-electron chi connectivity index (χ2n) is 5.18. The molecule has 120 valence electrons. The maximum absolute atomic E-state index is 12.2. The first kappa shape index (κ1) is 16.4. The molecule has 0 saturated heterocycles. The monoisotopic (exact) mass is 314 g/mol. The summed E-state index contributed by atoms with van der Waals surface area (Å²) in [5.74, 6) is 0.405. The van der Waals surface area contributed by atoms with Gasteiger partial charge in [-0.1, -0.05) is 6.07 Å². The summed E-state index contributed by atoms with van der Waals surface area (Å²) in [6.07, 6.45) is 1.89. The van der Waals surface area contributed by atoms with Gasteiger partial charge >= 0.3 is 6.09 Å². The summed E-state index contributed by atoms with van der Waals surface area (Å²) in [5.41, 5.74) is 0.750. The number of ketones is 1. The number of fused-ring (bicyclic) bond motifs is 1. The van der Waals surface area contributed by atoms with E-state index in [2.05, 4.69) is 5.32 Å². The number of carbonyl (C=O) groups is 2. The van der Waals surface area contributed by atoms with Crippen LogP contribution in [0, 0.1) is 0 Å². The molecule has 2 aromatic rings. The number of anilines is 1. The third kappa shape index (κ3) is 4.00. The third-order valence-corrected chi connectivity index (χ3v) is 3.21. The molecule has 0 atom stereocenters. The van der Waals surface area contributed by atoms with E-state index in [0.29, 0.717) is 22.4 Å². The van der Waals surface area contributed by atoms with E-state index in [1.165, 1.54) is 19.3 Å². The molecule has 0 heterocycles. The summed E-state index contributed by atoms with van der Waals surface area (Å²) < 4.78 is 5.17. The lowest BCUT2D eigenvalue weighted by Crippen LogP contribution is -2.09. The molecule has 0 aromatic heterocycles. The molecule has 2 rings (SSSR count). The van der Waals surface area contributed by atoms with E-state index in [-0.39, 0.29) is 5.78 Å². The van der Waals surface area contributed by atoms with Crippen molar-refractivity contribution in [2.24, 2.45) is 0 Å². The molecular formula is C17H18N2O4. The van der Waals surface area contributed by atoms with Crippen LogP contribution in [0.2, 0.25) is 0 Å². The molecule has 6 heteroatoms. The minimum absolute atomic E-state index is 0.204. The fourth-order valence-corrected chi connectivity index (χ4v) is 2.14. The van der Waals surface area contributed by atoms with E-state index in [9.17, 15) is 9.59 Å². The highest BCUT2D eigenvalue weighted by Crippen LogP contribution is 2.29. The number of hydrogen-bond acceptors (Lipinski definition) is 4. The summed E-state index contributed by atoms with van der Waals surface area (Å²) in [5, 5.41) is 12.8.